The molecule has 1 amide bonds. The third-order valence-corrected chi connectivity index (χ3v) is 3.38. The topological polar surface area (TPSA) is 93.3 Å². The summed E-state index contributed by atoms with van der Waals surface area (Å²) in [5, 5.41) is 30.1. The maximum Gasteiger partial charge on any atom is 0.416 e. The third kappa shape index (κ3) is 4.77. The molecule has 5 nitrogen and oxygen atoms in total. The maximum absolute atomic E-state index is 12.7. The molecule has 0 heterocycles. The fourth-order valence-corrected chi connectivity index (χ4v) is 2.08. The minimum atomic E-state index is -4.49. The van der Waals surface area contributed by atoms with Crippen LogP contribution in [0.3, 0.4) is 0 Å². The van der Waals surface area contributed by atoms with Crippen LogP contribution in [0.25, 0.3) is 6.08 Å². The van der Waals surface area contributed by atoms with Crippen molar-refractivity contribution >= 4 is 12.0 Å². The van der Waals surface area contributed by atoms with E-state index in [1.165, 1.54) is 30.3 Å². The first-order valence-electron chi connectivity index (χ1n) is 7.29. The summed E-state index contributed by atoms with van der Waals surface area (Å²) in [6, 6.07) is 9.89. The minimum Gasteiger partial charge on any atom is -0.504 e. The van der Waals surface area contributed by atoms with Gasteiger partial charge in [0.1, 0.15) is 11.6 Å². The highest BCUT2D eigenvalue weighted by Crippen LogP contribution is 2.29. The number of phenols is 2. The van der Waals surface area contributed by atoms with Crippen LogP contribution in [-0.2, 0) is 17.5 Å². The third-order valence-electron chi connectivity index (χ3n) is 3.38. The average molecular weight is 362 g/mol. The first kappa shape index (κ1) is 18.9. The Morgan fingerprint density at radius 1 is 1.15 bits per heavy atom. The molecule has 2 aromatic rings. The van der Waals surface area contributed by atoms with E-state index in [1.807, 2.05) is 0 Å². The van der Waals surface area contributed by atoms with Crippen LogP contribution in [-0.4, -0.2) is 16.1 Å². The van der Waals surface area contributed by atoms with Gasteiger partial charge in [-0.3, -0.25) is 4.79 Å². The van der Waals surface area contributed by atoms with E-state index in [0.717, 1.165) is 18.2 Å². The van der Waals surface area contributed by atoms with Crippen molar-refractivity contribution in [2.24, 2.45) is 0 Å². The molecule has 0 aliphatic heterocycles. The van der Waals surface area contributed by atoms with Gasteiger partial charge in [-0.1, -0.05) is 18.2 Å². The summed E-state index contributed by atoms with van der Waals surface area (Å²) in [4.78, 5) is 12.0. The normalized spacial score (nSPS) is 11.7. The van der Waals surface area contributed by atoms with E-state index in [1.54, 1.807) is 6.07 Å². The summed E-state index contributed by atoms with van der Waals surface area (Å²) < 4.78 is 38.0. The smallest absolute Gasteiger partial charge is 0.416 e. The standard InChI is InChI=1S/C18H13F3N2O3/c19-18(20,21)14-3-1-2-12(7-14)10-23-17(26)13(9-22)6-11-4-5-15(24)16(25)8-11/h1-8,24-25H,10H2,(H,23,26). The Morgan fingerprint density at radius 3 is 2.50 bits per heavy atom. The molecule has 0 aliphatic rings. The van der Waals surface area contributed by atoms with Crippen LogP contribution in [0, 0.1) is 11.3 Å². The summed E-state index contributed by atoms with van der Waals surface area (Å²) in [6.45, 7) is -0.192. The molecule has 0 aromatic heterocycles. The van der Waals surface area contributed by atoms with Crippen molar-refractivity contribution in [3.8, 4) is 17.6 Å². The number of aromatic hydroxyl groups is 2. The number of halogens is 3. The van der Waals surface area contributed by atoms with E-state index in [4.69, 9.17) is 5.26 Å². The number of benzene rings is 2. The Hall–Kier alpha value is -3.47. The average Bonchev–Trinajstić information content (AvgIpc) is 2.60. The molecule has 0 saturated carbocycles. The van der Waals surface area contributed by atoms with Crippen molar-refractivity contribution in [1.29, 1.82) is 5.26 Å². The van der Waals surface area contributed by atoms with E-state index in [2.05, 4.69) is 5.32 Å². The summed E-state index contributed by atoms with van der Waals surface area (Å²) in [5.74, 6) is -1.55. The van der Waals surface area contributed by atoms with Gasteiger partial charge in [-0.15, -0.1) is 0 Å². The van der Waals surface area contributed by atoms with Crippen LogP contribution in [0.15, 0.2) is 48.0 Å². The highest BCUT2D eigenvalue weighted by Gasteiger charge is 2.30. The molecule has 0 atom stereocenters. The Balaban J connectivity index is 2.11. The lowest BCUT2D eigenvalue weighted by Crippen LogP contribution is -2.24. The zero-order valence-electron chi connectivity index (χ0n) is 13.2. The van der Waals surface area contributed by atoms with Crippen LogP contribution in [0.2, 0.25) is 0 Å². The number of nitrogens with one attached hydrogen (secondary N) is 1. The second-order valence-electron chi connectivity index (χ2n) is 5.30. The van der Waals surface area contributed by atoms with E-state index in [9.17, 15) is 28.2 Å². The zero-order chi connectivity index (χ0) is 19.3. The van der Waals surface area contributed by atoms with Crippen molar-refractivity contribution in [2.75, 3.05) is 0 Å². The minimum absolute atomic E-state index is 0.192. The number of phenolic OH excluding ortho intramolecular Hbond substituents is 2. The van der Waals surface area contributed by atoms with Gasteiger partial charge in [0.25, 0.3) is 5.91 Å². The number of carbonyl (C=O) groups excluding carboxylic acids is 1. The monoisotopic (exact) mass is 362 g/mol. The van der Waals surface area contributed by atoms with Crippen LogP contribution in [0.5, 0.6) is 11.5 Å². The molecular formula is C18H13F3N2O3. The maximum atomic E-state index is 12.7. The van der Waals surface area contributed by atoms with Crippen LogP contribution >= 0.6 is 0 Å². The fourth-order valence-electron chi connectivity index (χ4n) is 2.08. The summed E-state index contributed by atoms with van der Waals surface area (Å²) in [5.41, 5.74) is -0.610. The predicted octanol–water partition coefficient (Wildman–Crippen LogP) is 3.34. The van der Waals surface area contributed by atoms with E-state index in [0.29, 0.717) is 5.56 Å². The largest absolute Gasteiger partial charge is 0.504 e. The molecule has 0 radical (unpaired) electrons. The van der Waals surface area contributed by atoms with Gasteiger partial charge in [-0.05, 0) is 41.5 Å². The van der Waals surface area contributed by atoms with E-state index in [-0.39, 0.29) is 23.4 Å². The quantitative estimate of drug-likeness (QED) is 0.442. The highest BCUT2D eigenvalue weighted by molar-refractivity contribution is 6.01. The molecule has 0 unspecified atom stereocenters. The number of carbonyl (C=O) groups is 1. The molecule has 0 bridgehead atoms. The zero-order valence-corrected chi connectivity index (χ0v) is 13.2. The van der Waals surface area contributed by atoms with Crippen molar-refractivity contribution in [3.05, 3.63) is 64.7 Å². The summed E-state index contributed by atoms with van der Waals surface area (Å²) >= 11 is 0. The molecule has 0 saturated heterocycles. The SMILES string of the molecule is N#CC(=Cc1ccc(O)c(O)c1)C(=O)NCc1cccc(C(F)(F)F)c1. The van der Waals surface area contributed by atoms with Crippen molar-refractivity contribution < 1.29 is 28.2 Å². The molecule has 0 fully saturated rings. The second kappa shape index (κ2) is 7.61. The van der Waals surface area contributed by atoms with Gasteiger partial charge in [0.2, 0.25) is 0 Å². The molecule has 0 aliphatic carbocycles. The molecule has 134 valence electrons. The molecule has 8 heteroatoms. The number of rotatable bonds is 4. The van der Waals surface area contributed by atoms with Gasteiger partial charge in [0.05, 0.1) is 5.56 Å². The van der Waals surface area contributed by atoms with Gasteiger partial charge >= 0.3 is 6.18 Å². The molecule has 0 spiro atoms. The molecule has 2 rings (SSSR count). The number of hydrogen-bond donors (Lipinski definition) is 3. The lowest BCUT2D eigenvalue weighted by atomic mass is 10.1. The predicted molar refractivity (Wildman–Crippen MR) is 86.7 cm³/mol. The summed E-state index contributed by atoms with van der Waals surface area (Å²) in [6.07, 6.45) is -3.31. The van der Waals surface area contributed by atoms with Gasteiger partial charge in [0, 0.05) is 6.54 Å². The molecular weight excluding hydrogens is 349 g/mol. The van der Waals surface area contributed by atoms with E-state index < -0.39 is 23.4 Å². The van der Waals surface area contributed by atoms with Gasteiger partial charge in [-0.25, -0.2) is 0 Å². The van der Waals surface area contributed by atoms with Crippen LogP contribution in [0.1, 0.15) is 16.7 Å². The Labute approximate surface area is 146 Å². The molecule has 2 aromatic carbocycles. The number of amides is 1. The number of hydrogen-bond acceptors (Lipinski definition) is 4. The lowest BCUT2D eigenvalue weighted by molar-refractivity contribution is -0.137. The van der Waals surface area contributed by atoms with Crippen molar-refractivity contribution in [2.45, 2.75) is 12.7 Å². The lowest BCUT2D eigenvalue weighted by Gasteiger charge is -2.09. The molecule has 3 N–H and O–H groups in total. The first-order chi connectivity index (χ1) is 12.2. The van der Waals surface area contributed by atoms with Gasteiger partial charge < -0.3 is 15.5 Å². The molecule has 26 heavy (non-hydrogen) atoms. The van der Waals surface area contributed by atoms with Gasteiger partial charge in [-0.2, -0.15) is 18.4 Å². The first-order valence-corrected chi connectivity index (χ1v) is 7.29. The Kier molecular flexibility index (Phi) is 5.52. The number of nitrogens with zero attached hydrogens (tertiary/aromatic N) is 1. The Bertz CT molecular complexity index is 899. The van der Waals surface area contributed by atoms with Crippen molar-refractivity contribution in [1.82, 2.24) is 5.32 Å². The van der Waals surface area contributed by atoms with Crippen LogP contribution in [0.4, 0.5) is 13.2 Å². The Morgan fingerprint density at radius 2 is 1.88 bits per heavy atom. The second-order valence-corrected chi connectivity index (χ2v) is 5.30. The number of nitriles is 1. The van der Waals surface area contributed by atoms with E-state index >= 15 is 0 Å². The fraction of sp³-hybridized carbons (Fsp3) is 0.111. The van der Waals surface area contributed by atoms with Gasteiger partial charge in [0.15, 0.2) is 11.5 Å². The van der Waals surface area contributed by atoms with Crippen LogP contribution < -0.4 is 5.32 Å². The number of alkyl halides is 3. The summed E-state index contributed by atoms with van der Waals surface area (Å²) in [7, 11) is 0. The van der Waals surface area contributed by atoms with Crippen molar-refractivity contribution in [3.63, 3.8) is 0 Å². The highest BCUT2D eigenvalue weighted by atomic mass is 19.4.